The van der Waals surface area contributed by atoms with Crippen molar-refractivity contribution in [1.29, 1.82) is 0 Å². The number of rotatable bonds is 2. The Labute approximate surface area is 60.6 Å². The second-order valence-corrected chi connectivity index (χ2v) is 1.96. The molecule has 0 aliphatic rings. The van der Waals surface area contributed by atoms with Gasteiger partial charge in [0.05, 0.1) is 5.69 Å². The van der Waals surface area contributed by atoms with Crippen molar-refractivity contribution in [3.63, 3.8) is 0 Å². The molecule has 10 heavy (non-hydrogen) atoms. The summed E-state index contributed by atoms with van der Waals surface area (Å²) in [7, 11) is 0. The van der Waals surface area contributed by atoms with E-state index in [4.69, 9.17) is 0 Å². The van der Waals surface area contributed by atoms with Crippen LogP contribution < -0.4 is 0 Å². The summed E-state index contributed by atoms with van der Waals surface area (Å²) in [6.07, 6.45) is 6.73. The lowest BCUT2D eigenvalue weighted by molar-refractivity contribution is 1.02. The minimum Gasteiger partial charge on any atom is -0.159 e. The molecular formula is C8H10N2. The highest BCUT2D eigenvalue weighted by molar-refractivity contribution is 5.42. The molecule has 1 aromatic rings. The summed E-state index contributed by atoms with van der Waals surface area (Å²) in [5.41, 5.74) is 0.921. The Morgan fingerprint density at radius 1 is 1.60 bits per heavy atom. The van der Waals surface area contributed by atoms with Crippen molar-refractivity contribution in [2.75, 3.05) is 0 Å². The molecule has 1 aromatic heterocycles. The number of allylic oxidation sites excluding steroid dienone is 1. The zero-order valence-electron chi connectivity index (χ0n) is 5.99. The molecule has 0 amide bonds. The number of aromatic nitrogens is 2. The van der Waals surface area contributed by atoms with E-state index >= 15 is 0 Å². The maximum absolute atomic E-state index is 3.88. The highest BCUT2D eigenvalue weighted by atomic mass is 15.1. The number of hydrogen-bond donors (Lipinski definition) is 0. The molecule has 0 radical (unpaired) electrons. The third kappa shape index (κ3) is 1.97. The van der Waals surface area contributed by atoms with Crippen LogP contribution >= 0.6 is 0 Å². The fourth-order valence-electron chi connectivity index (χ4n) is 0.641. The topological polar surface area (TPSA) is 25.8 Å². The predicted octanol–water partition coefficient (Wildman–Crippen LogP) is 1.90. The largest absolute Gasteiger partial charge is 0.159 e. The van der Waals surface area contributed by atoms with Gasteiger partial charge in [-0.2, -0.15) is 10.2 Å². The van der Waals surface area contributed by atoms with E-state index in [1.807, 2.05) is 18.2 Å². The molecule has 0 bridgehead atoms. The summed E-state index contributed by atoms with van der Waals surface area (Å²) >= 11 is 0. The van der Waals surface area contributed by atoms with Gasteiger partial charge in [-0.05, 0) is 24.6 Å². The van der Waals surface area contributed by atoms with Crippen LogP contribution in [0.5, 0.6) is 0 Å². The minimum atomic E-state index is 0.921. The molecule has 2 heteroatoms. The lowest BCUT2D eigenvalue weighted by Crippen LogP contribution is -1.81. The summed E-state index contributed by atoms with van der Waals surface area (Å²) in [6.45, 7) is 2.09. The average Bonchev–Trinajstić information content (AvgIpc) is 2.03. The van der Waals surface area contributed by atoms with Gasteiger partial charge in [0.2, 0.25) is 0 Å². The second-order valence-electron chi connectivity index (χ2n) is 1.96. The Morgan fingerprint density at radius 3 is 3.10 bits per heavy atom. The third-order valence-corrected chi connectivity index (χ3v) is 1.12. The average molecular weight is 134 g/mol. The van der Waals surface area contributed by atoms with Gasteiger partial charge in [0, 0.05) is 6.20 Å². The lowest BCUT2D eigenvalue weighted by atomic mass is 10.3. The van der Waals surface area contributed by atoms with Gasteiger partial charge in [-0.1, -0.05) is 13.0 Å². The zero-order chi connectivity index (χ0) is 7.23. The van der Waals surface area contributed by atoms with Crippen LogP contribution in [-0.2, 0) is 0 Å². The van der Waals surface area contributed by atoms with Crippen molar-refractivity contribution < 1.29 is 0 Å². The molecule has 0 aliphatic carbocycles. The highest BCUT2D eigenvalue weighted by Gasteiger charge is 1.81. The summed E-state index contributed by atoms with van der Waals surface area (Å²) in [5.74, 6) is 0. The van der Waals surface area contributed by atoms with Crippen LogP contribution in [0.1, 0.15) is 19.0 Å². The molecular weight excluding hydrogens is 124 g/mol. The standard InChI is InChI=1S/C8H10N2/c1-2-3-5-8-6-4-7-9-10-8/h3-7H,2H2,1H3/b5-3+. The first kappa shape index (κ1) is 6.93. The van der Waals surface area contributed by atoms with Crippen LogP contribution in [0.25, 0.3) is 6.08 Å². The Morgan fingerprint density at radius 2 is 2.50 bits per heavy atom. The zero-order valence-corrected chi connectivity index (χ0v) is 5.99. The van der Waals surface area contributed by atoms with Crippen molar-refractivity contribution >= 4 is 6.08 Å². The van der Waals surface area contributed by atoms with Gasteiger partial charge in [0.25, 0.3) is 0 Å². The third-order valence-electron chi connectivity index (χ3n) is 1.12. The van der Waals surface area contributed by atoms with Crippen LogP contribution in [0.4, 0.5) is 0 Å². The predicted molar refractivity (Wildman–Crippen MR) is 41.4 cm³/mol. The van der Waals surface area contributed by atoms with Crippen molar-refractivity contribution in [2.45, 2.75) is 13.3 Å². The van der Waals surface area contributed by atoms with Crippen molar-refractivity contribution in [2.24, 2.45) is 0 Å². The first-order valence-corrected chi connectivity index (χ1v) is 3.37. The molecule has 0 spiro atoms. The number of hydrogen-bond acceptors (Lipinski definition) is 2. The van der Waals surface area contributed by atoms with E-state index in [9.17, 15) is 0 Å². The van der Waals surface area contributed by atoms with Crippen LogP contribution in [-0.4, -0.2) is 10.2 Å². The van der Waals surface area contributed by atoms with Crippen LogP contribution in [0.15, 0.2) is 24.4 Å². The molecule has 0 N–H and O–H groups in total. The first-order chi connectivity index (χ1) is 4.93. The molecule has 0 saturated heterocycles. The summed E-state index contributed by atoms with van der Waals surface area (Å²) < 4.78 is 0. The van der Waals surface area contributed by atoms with Gasteiger partial charge >= 0.3 is 0 Å². The first-order valence-electron chi connectivity index (χ1n) is 3.37. The molecule has 0 atom stereocenters. The number of nitrogens with zero attached hydrogens (tertiary/aromatic N) is 2. The van der Waals surface area contributed by atoms with Gasteiger partial charge < -0.3 is 0 Å². The van der Waals surface area contributed by atoms with E-state index in [-0.39, 0.29) is 0 Å². The van der Waals surface area contributed by atoms with Crippen LogP contribution in [0.2, 0.25) is 0 Å². The van der Waals surface area contributed by atoms with E-state index in [1.165, 1.54) is 0 Å². The van der Waals surface area contributed by atoms with Crippen molar-refractivity contribution in [3.05, 3.63) is 30.1 Å². The molecule has 52 valence electrons. The Hall–Kier alpha value is -1.18. The molecule has 2 nitrogen and oxygen atoms in total. The molecule has 0 saturated carbocycles. The van der Waals surface area contributed by atoms with Gasteiger partial charge in [-0.3, -0.25) is 0 Å². The van der Waals surface area contributed by atoms with Crippen molar-refractivity contribution in [3.8, 4) is 0 Å². The second kappa shape index (κ2) is 3.77. The van der Waals surface area contributed by atoms with Gasteiger partial charge in [-0.15, -0.1) is 0 Å². The summed E-state index contributed by atoms with van der Waals surface area (Å²) in [4.78, 5) is 0. The van der Waals surface area contributed by atoms with Gasteiger partial charge in [-0.25, -0.2) is 0 Å². The smallest absolute Gasteiger partial charge is 0.0854 e. The highest BCUT2D eigenvalue weighted by Crippen LogP contribution is 1.94. The molecule has 0 aliphatic heterocycles. The maximum Gasteiger partial charge on any atom is 0.0854 e. The Balaban J connectivity index is 2.67. The van der Waals surface area contributed by atoms with Crippen LogP contribution in [0, 0.1) is 0 Å². The maximum atomic E-state index is 3.88. The van der Waals surface area contributed by atoms with E-state index in [2.05, 4.69) is 23.2 Å². The minimum absolute atomic E-state index is 0.921. The molecule has 1 rings (SSSR count). The van der Waals surface area contributed by atoms with E-state index < -0.39 is 0 Å². The molecule has 0 aromatic carbocycles. The van der Waals surface area contributed by atoms with Crippen molar-refractivity contribution in [1.82, 2.24) is 10.2 Å². The normalized spacial score (nSPS) is 10.5. The van der Waals surface area contributed by atoms with E-state index in [1.54, 1.807) is 6.20 Å². The van der Waals surface area contributed by atoms with E-state index in [0.29, 0.717) is 0 Å². The fourth-order valence-corrected chi connectivity index (χ4v) is 0.641. The Bertz CT molecular complexity index is 204. The molecule has 1 heterocycles. The van der Waals surface area contributed by atoms with E-state index in [0.717, 1.165) is 12.1 Å². The fraction of sp³-hybridized carbons (Fsp3) is 0.250. The van der Waals surface area contributed by atoms with Gasteiger partial charge in [0.15, 0.2) is 0 Å². The quantitative estimate of drug-likeness (QED) is 0.617. The lowest BCUT2D eigenvalue weighted by Gasteiger charge is -1.86. The monoisotopic (exact) mass is 134 g/mol. The molecule has 0 fully saturated rings. The van der Waals surface area contributed by atoms with Crippen LogP contribution in [0.3, 0.4) is 0 Å². The molecule has 0 unspecified atom stereocenters. The summed E-state index contributed by atoms with van der Waals surface area (Å²) in [5, 5.41) is 7.62. The SMILES string of the molecule is CC/C=C/c1cccnn1. The van der Waals surface area contributed by atoms with Gasteiger partial charge in [0.1, 0.15) is 0 Å². The summed E-state index contributed by atoms with van der Waals surface area (Å²) in [6, 6.07) is 3.81. The Kier molecular flexibility index (Phi) is 2.62.